The molecule has 1 atom stereocenters. The average Bonchev–Trinajstić information content (AvgIpc) is 2.95. The predicted octanol–water partition coefficient (Wildman–Crippen LogP) is 2.12. The molecule has 1 unspecified atom stereocenters. The maximum absolute atomic E-state index is 12.7. The van der Waals surface area contributed by atoms with Gasteiger partial charge < -0.3 is 4.90 Å². The van der Waals surface area contributed by atoms with Crippen LogP contribution in [0.5, 0.6) is 0 Å². The molecule has 0 N–H and O–H groups in total. The van der Waals surface area contributed by atoms with Gasteiger partial charge in [-0.15, -0.1) is 22.9 Å². The highest BCUT2D eigenvalue weighted by molar-refractivity contribution is 7.89. The van der Waals surface area contributed by atoms with Gasteiger partial charge in [0.2, 0.25) is 10.0 Å². The monoisotopic (exact) mass is 322 g/mol. The standard InChI is InChI=1S/C12H19ClN2O2S2/c1-9-8-18-11(6-13)12(9)19(16,17)15-5-4-10(7-15)14(2)3/h8,10H,4-7H2,1-3H3. The first-order chi connectivity index (χ1) is 8.87. The second kappa shape index (κ2) is 5.69. The molecule has 1 saturated heterocycles. The molecular weight excluding hydrogens is 304 g/mol. The Bertz CT molecular complexity index is 554. The molecule has 0 saturated carbocycles. The Hall–Kier alpha value is -0.140. The maximum Gasteiger partial charge on any atom is 0.244 e. The fourth-order valence-electron chi connectivity index (χ4n) is 2.41. The normalized spacial score (nSPS) is 21.4. The average molecular weight is 323 g/mol. The van der Waals surface area contributed by atoms with E-state index in [0.717, 1.165) is 16.9 Å². The highest BCUT2D eigenvalue weighted by atomic mass is 35.5. The number of likely N-dealkylation sites (N-methyl/N-ethyl adjacent to an activating group) is 1. The number of thiophene rings is 1. The van der Waals surface area contributed by atoms with Crippen molar-refractivity contribution >= 4 is 33.0 Å². The van der Waals surface area contributed by atoms with E-state index in [1.54, 1.807) is 4.31 Å². The molecule has 108 valence electrons. The molecule has 0 aromatic carbocycles. The molecule has 0 bridgehead atoms. The number of alkyl halides is 1. The molecule has 1 aromatic rings. The summed E-state index contributed by atoms with van der Waals surface area (Å²) in [7, 11) is 0.571. The van der Waals surface area contributed by atoms with Gasteiger partial charge in [-0.25, -0.2) is 8.42 Å². The summed E-state index contributed by atoms with van der Waals surface area (Å²) in [5.41, 5.74) is 0.800. The van der Waals surface area contributed by atoms with Crippen molar-refractivity contribution in [1.29, 1.82) is 0 Å². The first-order valence-corrected chi connectivity index (χ1v) is 9.03. The van der Waals surface area contributed by atoms with Crippen LogP contribution in [0, 0.1) is 6.92 Å². The Balaban J connectivity index is 2.31. The van der Waals surface area contributed by atoms with Gasteiger partial charge >= 0.3 is 0 Å². The summed E-state index contributed by atoms with van der Waals surface area (Å²) in [6, 6.07) is 0.299. The van der Waals surface area contributed by atoms with E-state index in [4.69, 9.17) is 11.6 Å². The summed E-state index contributed by atoms with van der Waals surface area (Å²) >= 11 is 7.28. The zero-order valence-corrected chi connectivity index (χ0v) is 13.8. The molecule has 1 aromatic heterocycles. The number of hydrogen-bond donors (Lipinski definition) is 0. The van der Waals surface area contributed by atoms with Crippen LogP contribution in [0.4, 0.5) is 0 Å². The lowest BCUT2D eigenvalue weighted by Crippen LogP contribution is -2.34. The molecule has 1 aliphatic heterocycles. The number of nitrogens with zero attached hydrogens (tertiary/aromatic N) is 2. The number of sulfonamides is 1. The van der Waals surface area contributed by atoms with Crippen LogP contribution in [0.3, 0.4) is 0 Å². The number of rotatable bonds is 4. The van der Waals surface area contributed by atoms with Crippen LogP contribution in [0.15, 0.2) is 10.3 Å². The molecule has 7 heteroatoms. The first-order valence-electron chi connectivity index (χ1n) is 6.17. The van der Waals surface area contributed by atoms with Gasteiger partial charge in [0, 0.05) is 24.0 Å². The van der Waals surface area contributed by atoms with E-state index in [9.17, 15) is 8.42 Å². The van der Waals surface area contributed by atoms with E-state index in [0.29, 0.717) is 24.0 Å². The van der Waals surface area contributed by atoms with E-state index in [1.165, 1.54) is 11.3 Å². The van der Waals surface area contributed by atoms with Crippen molar-refractivity contribution in [3.05, 3.63) is 15.8 Å². The molecule has 1 fully saturated rings. The highest BCUT2D eigenvalue weighted by Crippen LogP contribution is 2.32. The fraction of sp³-hybridized carbons (Fsp3) is 0.667. The summed E-state index contributed by atoms with van der Waals surface area (Å²) in [6.07, 6.45) is 0.881. The van der Waals surface area contributed by atoms with Crippen molar-refractivity contribution in [1.82, 2.24) is 9.21 Å². The molecule has 19 heavy (non-hydrogen) atoms. The van der Waals surface area contributed by atoms with Gasteiger partial charge in [0.25, 0.3) is 0 Å². The van der Waals surface area contributed by atoms with Crippen LogP contribution in [0.1, 0.15) is 16.9 Å². The molecule has 4 nitrogen and oxygen atoms in total. The molecule has 0 aliphatic carbocycles. The molecule has 2 rings (SSSR count). The van der Waals surface area contributed by atoms with Crippen molar-refractivity contribution < 1.29 is 8.42 Å². The van der Waals surface area contributed by atoms with E-state index < -0.39 is 10.0 Å². The Morgan fingerprint density at radius 1 is 1.53 bits per heavy atom. The van der Waals surface area contributed by atoms with Crippen molar-refractivity contribution in [2.45, 2.75) is 30.2 Å². The minimum atomic E-state index is -3.40. The minimum Gasteiger partial charge on any atom is -0.305 e. The second-order valence-corrected chi connectivity index (χ2v) is 8.18. The van der Waals surface area contributed by atoms with Crippen molar-refractivity contribution in [2.75, 3.05) is 27.2 Å². The highest BCUT2D eigenvalue weighted by Gasteiger charge is 2.35. The van der Waals surface area contributed by atoms with Gasteiger partial charge in [0.1, 0.15) is 4.90 Å². The third-order valence-electron chi connectivity index (χ3n) is 3.57. The molecule has 2 heterocycles. The van der Waals surface area contributed by atoms with Crippen molar-refractivity contribution in [3.63, 3.8) is 0 Å². The van der Waals surface area contributed by atoms with Gasteiger partial charge in [-0.3, -0.25) is 0 Å². The number of halogens is 1. The van der Waals surface area contributed by atoms with E-state index in [-0.39, 0.29) is 5.88 Å². The Morgan fingerprint density at radius 2 is 2.21 bits per heavy atom. The largest absolute Gasteiger partial charge is 0.305 e. The third kappa shape index (κ3) is 2.83. The van der Waals surface area contributed by atoms with Gasteiger partial charge in [-0.05, 0) is 38.4 Å². The molecule has 0 amide bonds. The molecule has 1 aliphatic rings. The predicted molar refractivity (Wildman–Crippen MR) is 79.5 cm³/mol. The number of aryl methyl sites for hydroxylation is 1. The third-order valence-corrected chi connectivity index (χ3v) is 7.32. The quantitative estimate of drug-likeness (QED) is 0.797. The fourth-order valence-corrected chi connectivity index (χ4v) is 5.91. The van der Waals surface area contributed by atoms with Crippen LogP contribution in [0.2, 0.25) is 0 Å². The summed E-state index contributed by atoms with van der Waals surface area (Å²) in [5.74, 6) is 0.248. The van der Waals surface area contributed by atoms with Crippen molar-refractivity contribution in [2.24, 2.45) is 0 Å². The van der Waals surface area contributed by atoms with Crippen LogP contribution < -0.4 is 0 Å². The summed E-state index contributed by atoms with van der Waals surface area (Å²) < 4.78 is 27.0. The smallest absolute Gasteiger partial charge is 0.244 e. The lowest BCUT2D eigenvalue weighted by atomic mass is 10.2. The molecule has 0 spiro atoms. The summed E-state index contributed by atoms with van der Waals surface area (Å²) in [6.45, 7) is 2.98. The molecular formula is C12H19ClN2O2S2. The molecule has 0 radical (unpaired) electrons. The zero-order valence-electron chi connectivity index (χ0n) is 11.4. The SMILES string of the molecule is Cc1csc(CCl)c1S(=O)(=O)N1CCC(N(C)C)C1. The Labute approximate surface area is 124 Å². The van der Waals surface area contributed by atoms with Crippen LogP contribution in [0.25, 0.3) is 0 Å². The summed E-state index contributed by atoms with van der Waals surface area (Å²) in [4.78, 5) is 3.25. The maximum atomic E-state index is 12.7. The Kier molecular flexibility index (Phi) is 4.57. The zero-order chi connectivity index (χ0) is 14.2. The summed E-state index contributed by atoms with van der Waals surface area (Å²) in [5, 5.41) is 1.87. The lowest BCUT2D eigenvalue weighted by molar-refractivity contribution is 0.302. The van der Waals surface area contributed by atoms with E-state index in [1.807, 2.05) is 26.4 Å². The first kappa shape index (κ1) is 15.3. The van der Waals surface area contributed by atoms with Crippen LogP contribution >= 0.6 is 22.9 Å². The van der Waals surface area contributed by atoms with Gasteiger partial charge in [-0.1, -0.05) is 0 Å². The minimum absolute atomic E-state index is 0.248. The van der Waals surface area contributed by atoms with Gasteiger partial charge in [-0.2, -0.15) is 4.31 Å². The van der Waals surface area contributed by atoms with Crippen molar-refractivity contribution in [3.8, 4) is 0 Å². The van der Waals surface area contributed by atoms with E-state index >= 15 is 0 Å². The van der Waals surface area contributed by atoms with Crippen LogP contribution in [-0.2, 0) is 15.9 Å². The van der Waals surface area contributed by atoms with Gasteiger partial charge in [0.05, 0.1) is 5.88 Å². The van der Waals surface area contributed by atoms with Gasteiger partial charge in [0.15, 0.2) is 0 Å². The lowest BCUT2D eigenvalue weighted by Gasteiger charge is -2.20. The topological polar surface area (TPSA) is 40.6 Å². The van der Waals surface area contributed by atoms with E-state index in [2.05, 4.69) is 4.90 Å². The van der Waals surface area contributed by atoms with Crippen LogP contribution in [-0.4, -0.2) is 50.8 Å². The second-order valence-electron chi connectivity index (χ2n) is 5.07. The Morgan fingerprint density at radius 3 is 2.74 bits per heavy atom. The number of hydrogen-bond acceptors (Lipinski definition) is 4.